The topological polar surface area (TPSA) is 80.8 Å². The van der Waals surface area contributed by atoms with E-state index < -0.39 is 17.5 Å². The molecule has 1 N–H and O–H groups in total. The van der Waals surface area contributed by atoms with Crippen molar-refractivity contribution in [3.8, 4) is 11.5 Å². The first kappa shape index (κ1) is 18.6. The molecular formula is C19H20FN3O4. The van der Waals surface area contributed by atoms with Crippen molar-refractivity contribution in [3.63, 3.8) is 0 Å². The van der Waals surface area contributed by atoms with E-state index in [-0.39, 0.29) is 5.75 Å². The van der Waals surface area contributed by atoms with E-state index in [0.717, 1.165) is 6.07 Å². The summed E-state index contributed by atoms with van der Waals surface area (Å²) in [7, 11) is 0. The second kappa shape index (κ2) is 7.22. The molecule has 0 fully saturated rings. The second-order valence-corrected chi connectivity index (χ2v) is 7.00. The van der Waals surface area contributed by atoms with Crippen LogP contribution in [0.5, 0.6) is 11.5 Å². The van der Waals surface area contributed by atoms with Crippen LogP contribution in [0.2, 0.25) is 0 Å². The average Bonchev–Trinajstić information content (AvgIpc) is 3.01. The summed E-state index contributed by atoms with van der Waals surface area (Å²) >= 11 is 0. The van der Waals surface area contributed by atoms with E-state index in [1.54, 1.807) is 26.8 Å². The number of carbonyl (C=O) groups excluding carboxylic acids is 2. The Bertz CT molecular complexity index is 880. The van der Waals surface area contributed by atoms with Crippen LogP contribution in [0.3, 0.4) is 0 Å². The highest BCUT2D eigenvalue weighted by Crippen LogP contribution is 2.37. The summed E-state index contributed by atoms with van der Waals surface area (Å²) in [6.45, 7) is 5.78. The van der Waals surface area contributed by atoms with Crippen LogP contribution in [0.15, 0.2) is 30.5 Å². The largest absolute Gasteiger partial charge is 0.454 e. The third-order valence-electron chi connectivity index (χ3n) is 3.82. The molecule has 0 saturated heterocycles. The Balaban J connectivity index is 1.84. The molecule has 2 heterocycles. The van der Waals surface area contributed by atoms with Crippen molar-refractivity contribution in [3.05, 3.63) is 41.8 Å². The van der Waals surface area contributed by atoms with Crippen molar-refractivity contribution in [2.45, 2.75) is 32.8 Å². The number of ether oxygens (including phenoxy) is 2. The van der Waals surface area contributed by atoms with Crippen LogP contribution in [-0.4, -0.2) is 29.6 Å². The number of hydrogen-bond acceptors (Lipinski definition) is 5. The van der Waals surface area contributed by atoms with E-state index in [2.05, 4.69) is 10.3 Å². The number of nitrogens with zero attached hydrogens (tertiary/aromatic N) is 2. The predicted molar refractivity (Wildman–Crippen MR) is 97.7 cm³/mol. The molecule has 0 aliphatic carbocycles. The Morgan fingerprint density at radius 2 is 2.07 bits per heavy atom. The SMILES string of the molecule is CC(C)(C)OC(=O)N1CCc2c(Oc3ccc(NC=O)cc3F)ccnc21. The zero-order chi connectivity index (χ0) is 19.6. The average molecular weight is 373 g/mol. The molecule has 3 rings (SSSR count). The minimum absolute atomic E-state index is 0.00978. The summed E-state index contributed by atoms with van der Waals surface area (Å²) < 4.78 is 25.3. The van der Waals surface area contributed by atoms with Gasteiger partial charge in [-0.15, -0.1) is 0 Å². The number of amides is 2. The molecule has 27 heavy (non-hydrogen) atoms. The minimum Gasteiger partial charge on any atom is -0.454 e. The number of hydrogen-bond donors (Lipinski definition) is 1. The Morgan fingerprint density at radius 3 is 2.74 bits per heavy atom. The number of nitrogens with one attached hydrogen (secondary N) is 1. The number of aromatic nitrogens is 1. The first-order chi connectivity index (χ1) is 12.8. The zero-order valence-electron chi connectivity index (χ0n) is 15.3. The molecule has 0 spiro atoms. The molecule has 0 atom stereocenters. The number of benzene rings is 1. The molecule has 7 nitrogen and oxygen atoms in total. The van der Waals surface area contributed by atoms with Gasteiger partial charge in [-0.1, -0.05) is 0 Å². The van der Waals surface area contributed by atoms with Crippen molar-refractivity contribution >= 4 is 24.0 Å². The van der Waals surface area contributed by atoms with Crippen molar-refractivity contribution in [1.82, 2.24) is 4.98 Å². The molecule has 1 aliphatic heterocycles. The lowest BCUT2D eigenvalue weighted by Crippen LogP contribution is -2.36. The van der Waals surface area contributed by atoms with Gasteiger partial charge in [0, 0.05) is 30.1 Å². The van der Waals surface area contributed by atoms with Crippen LogP contribution in [-0.2, 0) is 16.0 Å². The Hall–Kier alpha value is -3.16. The summed E-state index contributed by atoms with van der Waals surface area (Å²) in [5.74, 6) is 0.257. The van der Waals surface area contributed by atoms with E-state index in [4.69, 9.17) is 9.47 Å². The fourth-order valence-corrected chi connectivity index (χ4v) is 2.71. The first-order valence-corrected chi connectivity index (χ1v) is 8.44. The van der Waals surface area contributed by atoms with E-state index >= 15 is 0 Å². The maximum atomic E-state index is 14.2. The van der Waals surface area contributed by atoms with Crippen LogP contribution < -0.4 is 15.0 Å². The molecular weight excluding hydrogens is 353 g/mol. The van der Waals surface area contributed by atoms with Crippen LogP contribution in [0.25, 0.3) is 0 Å². The van der Waals surface area contributed by atoms with Crippen LogP contribution in [0.4, 0.5) is 20.7 Å². The number of rotatable bonds is 4. The van der Waals surface area contributed by atoms with Gasteiger partial charge < -0.3 is 14.8 Å². The van der Waals surface area contributed by atoms with E-state index in [1.165, 1.54) is 23.2 Å². The van der Waals surface area contributed by atoms with Gasteiger partial charge in [0.2, 0.25) is 6.41 Å². The highest BCUT2D eigenvalue weighted by Gasteiger charge is 2.32. The quantitative estimate of drug-likeness (QED) is 0.823. The lowest BCUT2D eigenvalue weighted by atomic mass is 10.2. The summed E-state index contributed by atoms with van der Waals surface area (Å²) in [6, 6.07) is 5.74. The van der Waals surface area contributed by atoms with Crippen molar-refractivity contribution in [1.29, 1.82) is 0 Å². The number of halogens is 1. The minimum atomic E-state index is -0.617. The van der Waals surface area contributed by atoms with Gasteiger partial charge in [0.05, 0.1) is 0 Å². The van der Waals surface area contributed by atoms with Crippen molar-refractivity contribution in [2.75, 3.05) is 16.8 Å². The van der Waals surface area contributed by atoms with Crippen molar-refractivity contribution in [2.24, 2.45) is 0 Å². The standard InChI is InChI=1S/C19H20FN3O4/c1-19(2,3)27-18(25)23-9-7-13-15(6-8-21-17(13)23)26-16-5-4-12(22-11-24)10-14(16)20/h4-6,8,10-11H,7,9H2,1-3H3,(H,22,24). The van der Waals surface area contributed by atoms with Gasteiger partial charge in [-0.05, 0) is 45.4 Å². The van der Waals surface area contributed by atoms with Gasteiger partial charge in [0.1, 0.15) is 17.2 Å². The number of pyridine rings is 1. The van der Waals surface area contributed by atoms with Crippen LogP contribution in [0.1, 0.15) is 26.3 Å². The Kier molecular flexibility index (Phi) is 4.98. The fraction of sp³-hybridized carbons (Fsp3) is 0.316. The first-order valence-electron chi connectivity index (χ1n) is 8.44. The lowest BCUT2D eigenvalue weighted by molar-refractivity contribution is -0.105. The Morgan fingerprint density at radius 1 is 1.30 bits per heavy atom. The van der Waals surface area contributed by atoms with Gasteiger partial charge in [0.15, 0.2) is 11.6 Å². The number of anilines is 2. The fourth-order valence-electron chi connectivity index (χ4n) is 2.71. The van der Waals surface area contributed by atoms with E-state index in [9.17, 15) is 14.0 Å². The molecule has 142 valence electrons. The molecule has 1 aliphatic rings. The van der Waals surface area contributed by atoms with Gasteiger partial charge in [-0.2, -0.15) is 0 Å². The molecule has 1 aromatic heterocycles. The Labute approximate surface area is 156 Å². The third kappa shape index (κ3) is 4.16. The molecule has 1 aromatic carbocycles. The maximum Gasteiger partial charge on any atom is 0.416 e. The summed E-state index contributed by atoms with van der Waals surface area (Å²) in [5, 5.41) is 2.37. The van der Waals surface area contributed by atoms with Crippen LogP contribution in [0, 0.1) is 5.82 Å². The zero-order valence-corrected chi connectivity index (χ0v) is 15.3. The molecule has 8 heteroatoms. The van der Waals surface area contributed by atoms with Crippen molar-refractivity contribution < 1.29 is 23.5 Å². The smallest absolute Gasteiger partial charge is 0.416 e. The van der Waals surface area contributed by atoms with E-state index in [0.29, 0.717) is 42.2 Å². The third-order valence-corrected chi connectivity index (χ3v) is 3.82. The van der Waals surface area contributed by atoms with Gasteiger partial charge in [-0.3, -0.25) is 9.69 Å². The predicted octanol–water partition coefficient (Wildman–Crippen LogP) is 3.88. The molecule has 0 saturated carbocycles. The highest BCUT2D eigenvalue weighted by atomic mass is 19.1. The number of fused-ring (bicyclic) bond motifs is 1. The normalized spacial score (nSPS) is 13.1. The molecule has 0 unspecified atom stereocenters. The van der Waals surface area contributed by atoms with E-state index in [1.807, 2.05) is 0 Å². The van der Waals surface area contributed by atoms with Gasteiger partial charge in [-0.25, -0.2) is 14.2 Å². The molecule has 2 amide bonds. The summed E-state index contributed by atoms with van der Waals surface area (Å²) in [5.41, 5.74) is 0.415. The summed E-state index contributed by atoms with van der Waals surface area (Å²) in [6.07, 6.45) is 2.00. The highest BCUT2D eigenvalue weighted by molar-refractivity contribution is 5.89. The monoisotopic (exact) mass is 373 g/mol. The number of carbonyl (C=O) groups is 2. The van der Waals surface area contributed by atoms with Gasteiger partial charge in [0.25, 0.3) is 0 Å². The maximum absolute atomic E-state index is 14.2. The molecule has 0 bridgehead atoms. The van der Waals surface area contributed by atoms with Gasteiger partial charge >= 0.3 is 6.09 Å². The van der Waals surface area contributed by atoms with Crippen LogP contribution >= 0.6 is 0 Å². The molecule has 2 aromatic rings. The second-order valence-electron chi connectivity index (χ2n) is 7.00. The lowest BCUT2D eigenvalue weighted by Gasteiger charge is -2.24. The molecule has 0 radical (unpaired) electrons. The summed E-state index contributed by atoms with van der Waals surface area (Å²) in [4.78, 5) is 28.5.